The molecule has 0 aromatic rings. The SMILES string of the molecule is CCCCCCC[C@H](Cl)C(=O)O[C@H]1CC[C@@]2(C)C(=CC[C@@H]3[C@H]4CC[C@@H]([C@@H](C)CCCC(C)C)[C@@]4(C)CC[C@H]32)C1. The van der Waals surface area contributed by atoms with Crippen LogP contribution in [-0.4, -0.2) is 17.5 Å². The van der Waals surface area contributed by atoms with Crippen LogP contribution in [0.5, 0.6) is 0 Å². The van der Waals surface area contributed by atoms with Crippen LogP contribution in [-0.2, 0) is 9.53 Å². The van der Waals surface area contributed by atoms with E-state index in [0.717, 1.165) is 61.2 Å². The van der Waals surface area contributed by atoms with Crippen molar-refractivity contribution in [2.75, 3.05) is 0 Å². The van der Waals surface area contributed by atoms with Gasteiger partial charge < -0.3 is 4.74 Å². The summed E-state index contributed by atoms with van der Waals surface area (Å²) in [6, 6.07) is 0. The molecule has 4 rings (SSSR count). The number of halogens is 1. The first-order valence-corrected chi connectivity index (χ1v) is 17.6. The molecule has 0 aromatic heterocycles. The molecule has 2 nitrogen and oxygen atoms in total. The Bertz CT molecular complexity index is 834. The maximum Gasteiger partial charge on any atom is 0.324 e. The molecule has 0 spiro atoms. The average molecular weight is 561 g/mol. The number of fused-ring (bicyclic) bond motifs is 5. The van der Waals surface area contributed by atoms with E-state index in [-0.39, 0.29) is 12.1 Å². The summed E-state index contributed by atoms with van der Waals surface area (Å²) >= 11 is 6.47. The number of esters is 1. The second-order valence-corrected chi connectivity index (χ2v) is 15.8. The van der Waals surface area contributed by atoms with Crippen molar-refractivity contribution < 1.29 is 9.53 Å². The fourth-order valence-electron chi connectivity index (χ4n) is 10.0. The molecule has 0 saturated heterocycles. The first-order chi connectivity index (χ1) is 18.6. The van der Waals surface area contributed by atoms with Crippen molar-refractivity contribution in [3.63, 3.8) is 0 Å². The van der Waals surface area contributed by atoms with Crippen LogP contribution in [0, 0.1) is 46.3 Å². The zero-order valence-electron chi connectivity index (χ0n) is 26.4. The molecule has 224 valence electrons. The third kappa shape index (κ3) is 6.94. The Hall–Kier alpha value is -0.500. The molecule has 4 aliphatic carbocycles. The van der Waals surface area contributed by atoms with Gasteiger partial charge in [0, 0.05) is 6.42 Å². The molecule has 0 aliphatic heterocycles. The normalized spacial score (nSPS) is 37.4. The Morgan fingerprint density at radius 1 is 0.949 bits per heavy atom. The van der Waals surface area contributed by atoms with Crippen LogP contribution in [0.15, 0.2) is 11.6 Å². The van der Waals surface area contributed by atoms with Gasteiger partial charge in [0.05, 0.1) is 0 Å². The van der Waals surface area contributed by atoms with Crippen molar-refractivity contribution in [2.24, 2.45) is 46.3 Å². The van der Waals surface area contributed by atoms with E-state index < -0.39 is 5.38 Å². The standard InChI is InChI=1S/C36H61ClO2/c1-7-8-9-10-11-15-33(37)34(38)39-28-20-22-35(5)27(24-28)16-17-29-31-19-18-30(26(4)14-12-13-25(2)3)36(31,6)23-21-32(29)35/h16,25-26,28-33H,7-15,17-24H2,1-6H3/t26-,28-,29+,30-,31+,32+,33-,35-,36+/m0/s1. The van der Waals surface area contributed by atoms with E-state index in [1.54, 1.807) is 5.57 Å². The van der Waals surface area contributed by atoms with Crippen LogP contribution in [0.4, 0.5) is 0 Å². The summed E-state index contributed by atoms with van der Waals surface area (Å²) in [5.74, 6) is 5.00. The van der Waals surface area contributed by atoms with Crippen molar-refractivity contribution in [2.45, 2.75) is 162 Å². The van der Waals surface area contributed by atoms with Crippen molar-refractivity contribution in [3.8, 4) is 0 Å². The van der Waals surface area contributed by atoms with Gasteiger partial charge in [0.1, 0.15) is 11.5 Å². The van der Waals surface area contributed by atoms with E-state index in [0.29, 0.717) is 10.8 Å². The zero-order chi connectivity index (χ0) is 28.2. The average Bonchev–Trinajstić information content (AvgIpc) is 3.25. The van der Waals surface area contributed by atoms with E-state index >= 15 is 0 Å². The van der Waals surface area contributed by atoms with Gasteiger partial charge in [-0.3, -0.25) is 4.79 Å². The molecule has 4 aliphatic rings. The number of hydrogen-bond acceptors (Lipinski definition) is 2. The van der Waals surface area contributed by atoms with Gasteiger partial charge in [-0.1, -0.05) is 105 Å². The summed E-state index contributed by atoms with van der Waals surface area (Å²) in [7, 11) is 0. The van der Waals surface area contributed by atoms with E-state index in [4.69, 9.17) is 16.3 Å². The van der Waals surface area contributed by atoms with Gasteiger partial charge in [0.2, 0.25) is 0 Å². The second-order valence-electron chi connectivity index (χ2n) is 15.3. The van der Waals surface area contributed by atoms with Crippen LogP contribution in [0.3, 0.4) is 0 Å². The minimum absolute atomic E-state index is 0.0196. The molecule has 9 atom stereocenters. The molecule has 0 radical (unpaired) electrons. The van der Waals surface area contributed by atoms with E-state index in [1.807, 2.05) is 0 Å². The lowest BCUT2D eigenvalue weighted by atomic mass is 9.47. The smallest absolute Gasteiger partial charge is 0.324 e. The maximum atomic E-state index is 12.8. The van der Waals surface area contributed by atoms with Gasteiger partial charge in [-0.25, -0.2) is 0 Å². The highest BCUT2D eigenvalue weighted by molar-refractivity contribution is 6.29. The summed E-state index contributed by atoms with van der Waals surface area (Å²) in [5.41, 5.74) is 2.44. The van der Waals surface area contributed by atoms with Crippen molar-refractivity contribution in [1.82, 2.24) is 0 Å². The number of rotatable bonds is 13. The summed E-state index contributed by atoms with van der Waals surface area (Å²) in [6.07, 6.45) is 23.6. The molecule has 3 fully saturated rings. The van der Waals surface area contributed by atoms with E-state index in [2.05, 4.69) is 47.6 Å². The zero-order valence-corrected chi connectivity index (χ0v) is 27.2. The number of hydrogen-bond donors (Lipinski definition) is 0. The summed E-state index contributed by atoms with van der Waals surface area (Å²) in [5, 5.41) is -0.483. The molecular formula is C36H61ClO2. The van der Waals surface area contributed by atoms with Crippen molar-refractivity contribution >= 4 is 17.6 Å². The van der Waals surface area contributed by atoms with Crippen LogP contribution in [0.2, 0.25) is 0 Å². The Balaban J connectivity index is 1.33. The largest absolute Gasteiger partial charge is 0.461 e. The molecule has 0 aromatic carbocycles. The van der Waals surface area contributed by atoms with Gasteiger partial charge in [-0.05, 0) is 97.7 Å². The minimum Gasteiger partial charge on any atom is -0.461 e. The Labute approximate surface area is 246 Å². The lowest BCUT2D eigenvalue weighted by molar-refractivity contribution is -0.151. The number of alkyl halides is 1. The first-order valence-electron chi connectivity index (χ1n) is 17.1. The first kappa shape index (κ1) is 31.4. The molecule has 0 bridgehead atoms. The molecule has 3 saturated carbocycles. The third-order valence-corrected chi connectivity index (χ3v) is 12.8. The van der Waals surface area contributed by atoms with Gasteiger partial charge >= 0.3 is 5.97 Å². The topological polar surface area (TPSA) is 26.3 Å². The van der Waals surface area contributed by atoms with Crippen LogP contribution in [0.25, 0.3) is 0 Å². The van der Waals surface area contributed by atoms with E-state index in [9.17, 15) is 4.79 Å². The monoisotopic (exact) mass is 560 g/mol. The molecule has 0 N–H and O–H groups in total. The maximum absolute atomic E-state index is 12.8. The Kier molecular flexibility index (Phi) is 11.0. The minimum atomic E-state index is -0.483. The summed E-state index contributed by atoms with van der Waals surface area (Å²) < 4.78 is 6.02. The van der Waals surface area contributed by atoms with Gasteiger partial charge in [-0.15, -0.1) is 11.6 Å². The fourth-order valence-corrected chi connectivity index (χ4v) is 10.2. The number of carbonyl (C=O) groups is 1. The highest BCUT2D eigenvalue weighted by atomic mass is 35.5. The quantitative estimate of drug-likeness (QED) is 0.0968. The molecule has 0 unspecified atom stereocenters. The number of carbonyl (C=O) groups excluding carboxylic acids is 1. The van der Waals surface area contributed by atoms with Crippen LogP contribution >= 0.6 is 11.6 Å². The second kappa shape index (κ2) is 13.6. The molecule has 0 amide bonds. The fraction of sp³-hybridized carbons (Fsp3) is 0.917. The number of unbranched alkanes of at least 4 members (excludes halogenated alkanes) is 4. The number of ether oxygens (including phenoxy) is 1. The predicted molar refractivity (Wildman–Crippen MR) is 166 cm³/mol. The van der Waals surface area contributed by atoms with Gasteiger partial charge in [-0.2, -0.15) is 0 Å². The highest BCUT2D eigenvalue weighted by Gasteiger charge is 2.59. The van der Waals surface area contributed by atoms with Crippen molar-refractivity contribution in [1.29, 1.82) is 0 Å². The molecule has 3 heteroatoms. The van der Waals surface area contributed by atoms with Gasteiger partial charge in [0.15, 0.2) is 0 Å². The molecule has 0 heterocycles. The van der Waals surface area contributed by atoms with Gasteiger partial charge in [0.25, 0.3) is 0 Å². The van der Waals surface area contributed by atoms with Crippen LogP contribution in [0.1, 0.15) is 151 Å². The van der Waals surface area contributed by atoms with Crippen LogP contribution < -0.4 is 0 Å². The molecular weight excluding hydrogens is 500 g/mol. The third-order valence-electron chi connectivity index (χ3n) is 12.4. The Morgan fingerprint density at radius 2 is 1.72 bits per heavy atom. The lowest BCUT2D eigenvalue weighted by Crippen LogP contribution is -2.51. The Morgan fingerprint density at radius 3 is 2.46 bits per heavy atom. The van der Waals surface area contributed by atoms with E-state index in [1.165, 1.54) is 83.5 Å². The lowest BCUT2D eigenvalue weighted by Gasteiger charge is -2.58. The van der Waals surface area contributed by atoms with Crippen molar-refractivity contribution in [3.05, 3.63) is 11.6 Å². The summed E-state index contributed by atoms with van der Waals surface area (Å²) in [4.78, 5) is 12.8. The molecule has 39 heavy (non-hydrogen) atoms. The predicted octanol–water partition coefficient (Wildman–Crippen LogP) is 10.9. The summed E-state index contributed by atoms with van der Waals surface area (Å²) in [6.45, 7) is 14.8. The highest BCUT2D eigenvalue weighted by Crippen LogP contribution is 2.67. The number of allylic oxidation sites excluding steroid dienone is 1.